The van der Waals surface area contributed by atoms with Crippen molar-refractivity contribution in [1.82, 2.24) is 10.2 Å². The Bertz CT molecular complexity index is 805. The minimum absolute atomic E-state index is 0.136. The maximum Gasteiger partial charge on any atom is 0.261 e. The molecule has 0 aliphatic carbocycles. The minimum Gasteiger partial charge on any atom is -0.497 e. The summed E-state index contributed by atoms with van der Waals surface area (Å²) in [6, 6.07) is 14.6. The molecule has 6 heteroatoms. The maximum atomic E-state index is 13.0. The molecule has 1 N–H and O–H groups in total. The first kappa shape index (κ1) is 22.3. The second-order valence-electron chi connectivity index (χ2n) is 6.70. The Kier molecular flexibility index (Phi) is 8.52. The number of carbonyl (C=O) groups excluding carboxylic acids is 2. The fraction of sp³-hybridized carbons (Fsp3) is 0.391. The molecular formula is C23H30N2O4. The van der Waals surface area contributed by atoms with E-state index in [1.54, 1.807) is 19.1 Å². The van der Waals surface area contributed by atoms with Gasteiger partial charge < -0.3 is 19.7 Å². The first-order valence-corrected chi connectivity index (χ1v) is 9.88. The monoisotopic (exact) mass is 398 g/mol. The number of benzene rings is 2. The van der Waals surface area contributed by atoms with Crippen LogP contribution in [0.3, 0.4) is 0 Å². The molecule has 0 aliphatic rings. The number of hydrogen-bond donors (Lipinski definition) is 1. The Hall–Kier alpha value is -3.02. The van der Waals surface area contributed by atoms with E-state index in [0.717, 1.165) is 12.0 Å². The number of hydrogen-bond acceptors (Lipinski definition) is 4. The zero-order valence-electron chi connectivity index (χ0n) is 17.6. The highest BCUT2D eigenvalue weighted by atomic mass is 16.5. The van der Waals surface area contributed by atoms with Gasteiger partial charge in [-0.05, 0) is 48.2 Å². The Morgan fingerprint density at radius 2 is 1.76 bits per heavy atom. The second-order valence-corrected chi connectivity index (χ2v) is 6.70. The van der Waals surface area contributed by atoms with Crippen LogP contribution in [0.5, 0.6) is 11.5 Å². The van der Waals surface area contributed by atoms with Gasteiger partial charge in [0.2, 0.25) is 5.91 Å². The average molecular weight is 399 g/mol. The van der Waals surface area contributed by atoms with Crippen molar-refractivity contribution in [3.8, 4) is 11.5 Å². The molecule has 29 heavy (non-hydrogen) atoms. The summed E-state index contributed by atoms with van der Waals surface area (Å²) >= 11 is 0. The van der Waals surface area contributed by atoms with Crippen LogP contribution >= 0.6 is 0 Å². The van der Waals surface area contributed by atoms with Crippen LogP contribution in [0.4, 0.5) is 0 Å². The first-order valence-electron chi connectivity index (χ1n) is 9.88. The standard InChI is InChI=1S/C23H30N2O4/c1-5-17-10-12-19(13-11-17)29-16-22(26)25(21(6-2)23(27)24-3)15-18-8-7-9-20(14-18)28-4/h7-14,21H,5-6,15-16H2,1-4H3,(H,24,27). The molecule has 0 spiro atoms. The van der Waals surface area contributed by atoms with Crippen LogP contribution in [0.2, 0.25) is 0 Å². The lowest BCUT2D eigenvalue weighted by atomic mass is 10.1. The van der Waals surface area contributed by atoms with E-state index < -0.39 is 6.04 Å². The number of nitrogens with one attached hydrogen (secondary N) is 1. The lowest BCUT2D eigenvalue weighted by Gasteiger charge is -2.30. The third-order valence-electron chi connectivity index (χ3n) is 4.81. The van der Waals surface area contributed by atoms with Crippen molar-refractivity contribution < 1.29 is 19.1 Å². The highest BCUT2D eigenvalue weighted by Gasteiger charge is 2.28. The SMILES string of the molecule is CCc1ccc(OCC(=O)N(Cc2cccc(OC)c2)C(CC)C(=O)NC)cc1. The second kappa shape index (κ2) is 11.1. The quantitative estimate of drug-likeness (QED) is 0.667. The van der Waals surface area contributed by atoms with Gasteiger partial charge in [0, 0.05) is 13.6 Å². The summed E-state index contributed by atoms with van der Waals surface area (Å²) in [5, 5.41) is 2.65. The van der Waals surface area contributed by atoms with Crippen molar-refractivity contribution >= 4 is 11.8 Å². The van der Waals surface area contributed by atoms with Gasteiger partial charge in [-0.1, -0.05) is 38.1 Å². The molecule has 1 atom stereocenters. The summed E-state index contributed by atoms with van der Waals surface area (Å²) < 4.78 is 11.0. The van der Waals surface area contributed by atoms with Crippen LogP contribution in [0.25, 0.3) is 0 Å². The summed E-state index contributed by atoms with van der Waals surface area (Å²) in [7, 11) is 3.17. The molecule has 0 fully saturated rings. The smallest absolute Gasteiger partial charge is 0.261 e. The zero-order chi connectivity index (χ0) is 21.2. The molecule has 0 saturated heterocycles. The summed E-state index contributed by atoms with van der Waals surface area (Å²) in [4.78, 5) is 26.9. The fourth-order valence-electron chi connectivity index (χ4n) is 3.10. The Labute approximate surface area is 172 Å². The molecular weight excluding hydrogens is 368 g/mol. The summed E-state index contributed by atoms with van der Waals surface area (Å²) in [6.45, 7) is 4.12. The van der Waals surface area contributed by atoms with Gasteiger partial charge in [-0.15, -0.1) is 0 Å². The zero-order valence-corrected chi connectivity index (χ0v) is 17.6. The van der Waals surface area contributed by atoms with Gasteiger partial charge in [-0.2, -0.15) is 0 Å². The van der Waals surface area contributed by atoms with Crippen molar-refractivity contribution in [1.29, 1.82) is 0 Å². The number of amides is 2. The van der Waals surface area contributed by atoms with E-state index >= 15 is 0 Å². The third-order valence-corrected chi connectivity index (χ3v) is 4.81. The third kappa shape index (κ3) is 6.24. The number of carbonyl (C=O) groups is 2. The van der Waals surface area contributed by atoms with Crippen LogP contribution in [0.15, 0.2) is 48.5 Å². The molecule has 6 nitrogen and oxygen atoms in total. The molecule has 0 radical (unpaired) electrons. The lowest BCUT2D eigenvalue weighted by Crippen LogP contribution is -2.49. The Morgan fingerprint density at radius 1 is 1.03 bits per heavy atom. The molecule has 0 heterocycles. The predicted octanol–water partition coefficient (Wildman–Crippen LogP) is 3.19. The van der Waals surface area contributed by atoms with E-state index in [1.807, 2.05) is 55.5 Å². The lowest BCUT2D eigenvalue weighted by molar-refractivity contribution is -0.142. The number of ether oxygens (including phenoxy) is 2. The van der Waals surface area contributed by atoms with Crippen LogP contribution in [-0.2, 0) is 22.6 Å². The van der Waals surface area contributed by atoms with Gasteiger partial charge in [0.05, 0.1) is 7.11 Å². The molecule has 0 aromatic heterocycles. The predicted molar refractivity (Wildman–Crippen MR) is 113 cm³/mol. The first-order chi connectivity index (χ1) is 14.0. The van der Waals surface area contributed by atoms with E-state index in [1.165, 1.54) is 5.56 Å². The van der Waals surface area contributed by atoms with Gasteiger partial charge >= 0.3 is 0 Å². The summed E-state index contributed by atoms with van der Waals surface area (Å²) in [6.07, 6.45) is 1.44. The van der Waals surface area contributed by atoms with E-state index in [9.17, 15) is 9.59 Å². The molecule has 0 bridgehead atoms. The summed E-state index contributed by atoms with van der Waals surface area (Å²) in [5.41, 5.74) is 2.08. The maximum absolute atomic E-state index is 13.0. The number of nitrogens with zero attached hydrogens (tertiary/aromatic N) is 1. The van der Waals surface area contributed by atoms with Crippen LogP contribution in [-0.4, -0.2) is 43.5 Å². The number of likely N-dealkylation sites (N-methyl/N-ethyl adjacent to an activating group) is 1. The van der Waals surface area contributed by atoms with E-state index in [4.69, 9.17) is 9.47 Å². The van der Waals surface area contributed by atoms with E-state index in [2.05, 4.69) is 12.2 Å². The van der Waals surface area contributed by atoms with Crippen molar-refractivity contribution in [3.63, 3.8) is 0 Å². The summed E-state index contributed by atoms with van der Waals surface area (Å²) in [5.74, 6) is 0.888. The number of methoxy groups -OCH3 is 1. The Balaban J connectivity index is 2.17. The van der Waals surface area contributed by atoms with Crippen LogP contribution in [0.1, 0.15) is 31.4 Å². The van der Waals surface area contributed by atoms with E-state index in [-0.39, 0.29) is 18.4 Å². The van der Waals surface area contributed by atoms with Crippen molar-refractivity contribution in [2.24, 2.45) is 0 Å². The Morgan fingerprint density at radius 3 is 2.34 bits per heavy atom. The molecule has 0 aliphatic heterocycles. The molecule has 1 unspecified atom stereocenters. The highest BCUT2D eigenvalue weighted by Crippen LogP contribution is 2.18. The average Bonchev–Trinajstić information content (AvgIpc) is 2.77. The largest absolute Gasteiger partial charge is 0.497 e. The van der Waals surface area contributed by atoms with Gasteiger partial charge in [0.15, 0.2) is 6.61 Å². The van der Waals surface area contributed by atoms with Gasteiger partial charge in [-0.3, -0.25) is 9.59 Å². The minimum atomic E-state index is -0.579. The molecule has 2 aromatic rings. The van der Waals surface area contributed by atoms with Gasteiger partial charge in [-0.25, -0.2) is 0 Å². The number of aryl methyl sites for hydroxylation is 1. The highest BCUT2D eigenvalue weighted by molar-refractivity contribution is 5.88. The normalized spacial score (nSPS) is 11.4. The van der Waals surface area contributed by atoms with Crippen LogP contribution in [0, 0.1) is 0 Å². The van der Waals surface area contributed by atoms with Crippen molar-refractivity contribution in [2.75, 3.05) is 20.8 Å². The number of rotatable bonds is 10. The molecule has 2 amide bonds. The van der Waals surface area contributed by atoms with Crippen molar-refractivity contribution in [3.05, 3.63) is 59.7 Å². The topological polar surface area (TPSA) is 67.9 Å². The van der Waals surface area contributed by atoms with Gasteiger partial charge in [0.1, 0.15) is 17.5 Å². The molecule has 2 rings (SSSR count). The molecule has 0 saturated carbocycles. The fourth-order valence-corrected chi connectivity index (χ4v) is 3.10. The molecule has 156 valence electrons. The van der Waals surface area contributed by atoms with E-state index in [0.29, 0.717) is 24.5 Å². The van der Waals surface area contributed by atoms with Crippen molar-refractivity contribution in [2.45, 2.75) is 39.3 Å². The van der Waals surface area contributed by atoms with Gasteiger partial charge in [0.25, 0.3) is 5.91 Å². The molecule has 2 aromatic carbocycles. The van der Waals surface area contributed by atoms with Crippen LogP contribution < -0.4 is 14.8 Å².